The van der Waals surface area contributed by atoms with Crippen molar-refractivity contribution in [2.75, 3.05) is 19.8 Å². The van der Waals surface area contributed by atoms with Crippen LogP contribution in [0.15, 0.2) is 122 Å². The van der Waals surface area contributed by atoms with Gasteiger partial charge in [0.1, 0.15) is 48.8 Å². The van der Waals surface area contributed by atoms with Gasteiger partial charge >= 0.3 is 0 Å². The molecule has 14 heteroatoms. The Morgan fingerprint density at radius 2 is 0.972 bits per heavy atom. The Morgan fingerprint density at radius 3 is 1.51 bits per heavy atom. The van der Waals surface area contributed by atoms with E-state index in [-0.39, 0.29) is 18.9 Å². The number of allylic oxidation sites excluding steroid dienone is 19. The van der Waals surface area contributed by atoms with E-state index in [9.17, 15) is 45.6 Å². The molecule has 408 valence electrons. The number of hydrogen-bond donors (Lipinski definition) is 9. The van der Waals surface area contributed by atoms with Crippen LogP contribution >= 0.6 is 0 Å². The van der Waals surface area contributed by atoms with Gasteiger partial charge in [-0.25, -0.2) is 0 Å². The minimum atomic E-state index is -1.80. The van der Waals surface area contributed by atoms with Crippen molar-refractivity contribution in [3.05, 3.63) is 122 Å². The third-order valence-electron chi connectivity index (χ3n) is 12.1. The fourth-order valence-electron chi connectivity index (χ4n) is 7.79. The lowest BCUT2D eigenvalue weighted by Gasteiger charge is -2.46. The predicted octanol–water partition coefficient (Wildman–Crippen LogP) is 7.88. The predicted molar refractivity (Wildman–Crippen MR) is 285 cm³/mol. The second kappa shape index (κ2) is 42.7. The number of carbonyl (C=O) groups excluding carboxylic acids is 1. The van der Waals surface area contributed by atoms with Crippen molar-refractivity contribution >= 4 is 5.91 Å². The quantitative estimate of drug-likeness (QED) is 0.0211. The van der Waals surface area contributed by atoms with Crippen LogP contribution in [0.3, 0.4) is 0 Å². The molecule has 0 aromatic carbocycles. The summed E-state index contributed by atoms with van der Waals surface area (Å²) < 4.78 is 22.6. The van der Waals surface area contributed by atoms with E-state index in [0.29, 0.717) is 12.8 Å². The van der Waals surface area contributed by atoms with Crippen LogP contribution in [0.2, 0.25) is 0 Å². The molecule has 2 aliphatic rings. The van der Waals surface area contributed by atoms with Crippen LogP contribution in [-0.2, 0) is 23.7 Å². The van der Waals surface area contributed by atoms with Gasteiger partial charge in [0.25, 0.3) is 0 Å². The number of unbranched alkanes of at least 4 members (excludes halogenated alkanes) is 8. The van der Waals surface area contributed by atoms with E-state index in [4.69, 9.17) is 18.9 Å². The van der Waals surface area contributed by atoms with Gasteiger partial charge in [0.15, 0.2) is 12.6 Å². The molecule has 12 atom stereocenters. The zero-order valence-electron chi connectivity index (χ0n) is 43.4. The smallest absolute Gasteiger partial charge is 0.220 e. The first-order chi connectivity index (χ1) is 35.1. The van der Waals surface area contributed by atoms with Crippen molar-refractivity contribution < 1.29 is 64.6 Å². The Hall–Kier alpha value is -3.61. The molecule has 9 N–H and O–H groups in total. The fourth-order valence-corrected chi connectivity index (χ4v) is 7.79. The molecule has 0 saturated carbocycles. The Kier molecular flexibility index (Phi) is 38.3. The van der Waals surface area contributed by atoms with Gasteiger partial charge in [-0.15, -0.1) is 0 Å². The van der Waals surface area contributed by atoms with Gasteiger partial charge in [-0.2, -0.15) is 0 Å². The molecule has 2 rings (SSSR count). The van der Waals surface area contributed by atoms with Gasteiger partial charge in [-0.05, 0) is 96.3 Å². The van der Waals surface area contributed by atoms with Crippen LogP contribution in [0.25, 0.3) is 0 Å². The summed E-state index contributed by atoms with van der Waals surface area (Å²) in [5.74, 6) is -0.300. The van der Waals surface area contributed by atoms with Crippen LogP contribution in [0.1, 0.15) is 142 Å². The number of carbonyl (C=O) groups is 1. The molecule has 2 saturated heterocycles. The van der Waals surface area contributed by atoms with Gasteiger partial charge in [-0.3, -0.25) is 4.79 Å². The maximum atomic E-state index is 13.2. The highest BCUT2D eigenvalue weighted by Gasteiger charge is 2.51. The molecule has 0 aliphatic carbocycles. The highest BCUT2D eigenvalue weighted by molar-refractivity contribution is 5.76. The van der Waals surface area contributed by atoms with Crippen LogP contribution in [0.5, 0.6) is 0 Å². The van der Waals surface area contributed by atoms with Crippen LogP contribution < -0.4 is 5.32 Å². The first-order valence-corrected chi connectivity index (χ1v) is 26.8. The van der Waals surface area contributed by atoms with Gasteiger partial charge in [-0.1, -0.05) is 161 Å². The molecule has 0 aromatic heterocycles. The Balaban J connectivity index is 1.80. The van der Waals surface area contributed by atoms with Crippen molar-refractivity contribution in [3.8, 4) is 0 Å². The summed E-state index contributed by atoms with van der Waals surface area (Å²) >= 11 is 0. The molecule has 0 bridgehead atoms. The second-order valence-electron chi connectivity index (χ2n) is 18.3. The second-order valence-corrected chi connectivity index (χ2v) is 18.3. The van der Waals surface area contributed by atoms with E-state index in [0.717, 1.165) is 83.5 Å². The molecule has 2 heterocycles. The number of rotatable bonds is 39. The van der Waals surface area contributed by atoms with Crippen molar-refractivity contribution in [2.24, 2.45) is 0 Å². The standard InChI is InChI=1S/C58H93NO13/c1-3-5-7-9-11-13-15-16-17-18-19-20-21-22-23-24-25-26-27-28-29-30-32-34-36-38-40-42-50(63)59-46(47(62)41-39-37-35-33-31-14-12-10-8-6-4-2)45-69-57-55(68)53(66)56(49(44-61)71-57)72-58-54(67)52(65)51(64)48(43-60)70-58/h5,7,11,13,16-17,19-20,22-23,25-26,28-29,31-34,39,41,46-49,51-58,60-62,64-68H,3-4,6,8-10,12,14-15,18,21,24,27,30,35-38,40,42-45H2,1-2H3,(H,59,63)/b7-5-,13-11-,17-16-,20-19-,23-22-,26-25-,29-28-,33-31+,34-32-,41-39+. The van der Waals surface area contributed by atoms with E-state index in [2.05, 4.69) is 129 Å². The zero-order chi connectivity index (χ0) is 52.4. The normalized spacial score (nSPS) is 26.6. The maximum Gasteiger partial charge on any atom is 0.220 e. The van der Waals surface area contributed by atoms with E-state index >= 15 is 0 Å². The van der Waals surface area contributed by atoms with Crippen LogP contribution in [0, 0.1) is 0 Å². The monoisotopic (exact) mass is 1010 g/mol. The van der Waals surface area contributed by atoms with Gasteiger partial charge < -0.3 is 65.1 Å². The molecule has 14 nitrogen and oxygen atoms in total. The third kappa shape index (κ3) is 28.7. The summed E-state index contributed by atoms with van der Waals surface area (Å²) in [4.78, 5) is 13.2. The van der Waals surface area contributed by atoms with E-state index in [1.807, 2.05) is 6.08 Å². The summed E-state index contributed by atoms with van der Waals surface area (Å²) in [5.41, 5.74) is 0. The summed E-state index contributed by atoms with van der Waals surface area (Å²) in [7, 11) is 0. The number of nitrogens with one attached hydrogen (secondary N) is 1. The van der Waals surface area contributed by atoms with Crippen LogP contribution in [-0.4, -0.2) is 140 Å². The third-order valence-corrected chi connectivity index (χ3v) is 12.1. The Labute approximate surface area is 431 Å². The maximum absolute atomic E-state index is 13.2. The zero-order valence-corrected chi connectivity index (χ0v) is 43.4. The first-order valence-electron chi connectivity index (χ1n) is 26.8. The minimum absolute atomic E-state index is 0.209. The molecule has 2 aliphatic heterocycles. The summed E-state index contributed by atoms with van der Waals surface area (Å²) in [6, 6.07) is -0.962. The van der Waals surface area contributed by atoms with Gasteiger partial charge in [0.05, 0.1) is 32.0 Å². The van der Waals surface area contributed by atoms with Crippen molar-refractivity contribution in [1.29, 1.82) is 0 Å². The van der Waals surface area contributed by atoms with Gasteiger partial charge in [0, 0.05) is 6.42 Å². The number of ether oxygens (including phenoxy) is 4. The summed E-state index contributed by atoms with van der Waals surface area (Å²) in [5, 5.41) is 86.7. The molecule has 0 radical (unpaired) electrons. The highest BCUT2D eigenvalue weighted by atomic mass is 16.7. The summed E-state index contributed by atoms with van der Waals surface area (Å²) in [6.45, 7) is 2.56. The molecular formula is C58H93NO13. The fraction of sp³-hybridized carbons (Fsp3) is 0.638. The topological polar surface area (TPSA) is 228 Å². The number of amides is 1. The molecule has 0 aromatic rings. The highest BCUT2D eigenvalue weighted by Crippen LogP contribution is 2.30. The molecule has 12 unspecified atom stereocenters. The van der Waals surface area contributed by atoms with Crippen LogP contribution in [0.4, 0.5) is 0 Å². The molecule has 1 amide bonds. The largest absolute Gasteiger partial charge is 0.394 e. The van der Waals surface area contributed by atoms with Crippen molar-refractivity contribution in [2.45, 2.75) is 216 Å². The van der Waals surface area contributed by atoms with E-state index < -0.39 is 86.8 Å². The number of aliphatic hydroxyl groups is 8. The number of hydrogen-bond acceptors (Lipinski definition) is 13. The van der Waals surface area contributed by atoms with Crippen molar-refractivity contribution in [3.63, 3.8) is 0 Å². The minimum Gasteiger partial charge on any atom is -0.394 e. The average molecular weight is 1010 g/mol. The number of aliphatic hydroxyl groups excluding tert-OH is 8. The average Bonchev–Trinajstić information content (AvgIpc) is 3.38. The van der Waals surface area contributed by atoms with E-state index in [1.54, 1.807) is 6.08 Å². The lowest BCUT2D eigenvalue weighted by atomic mass is 9.97. The molecular weight excluding hydrogens is 919 g/mol. The lowest BCUT2D eigenvalue weighted by Crippen LogP contribution is -2.65. The first kappa shape index (κ1) is 64.5. The summed E-state index contributed by atoms with van der Waals surface area (Å²) in [6.07, 6.45) is 43.9. The van der Waals surface area contributed by atoms with Crippen molar-refractivity contribution in [1.82, 2.24) is 5.32 Å². The molecule has 72 heavy (non-hydrogen) atoms. The molecule has 0 spiro atoms. The van der Waals surface area contributed by atoms with E-state index in [1.165, 1.54) is 25.7 Å². The Morgan fingerprint density at radius 1 is 0.514 bits per heavy atom. The lowest BCUT2D eigenvalue weighted by molar-refractivity contribution is -0.359. The molecule has 2 fully saturated rings. The SMILES string of the molecule is CC/C=C\C/C=C\C/C=C\C/C=C\C/C=C\C/C=C\C/C=C\C/C=C\CCCCC(=O)NC(COC1OC(CO)C(OC2OC(CO)C(O)C(O)C2O)C(O)C1O)C(O)/C=C/CC/C=C/CCCCCCC. The Bertz CT molecular complexity index is 1670. The van der Waals surface area contributed by atoms with Gasteiger partial charge in [0.2, 0.25) is 5.91 Å².